The van der Waals surface area contributed by atoms with E-state index in [1.165, 1.54) is 6.07 Å². The van der Waals surface area contributed by atoms with Crippen molar-refractivity contribution in [2.75, 3.05) is 26.0 Å². The van der Waals surface area contributed by atoms with Crippen LogP contribution in [0.3, 0.4) is 0 Å². The molecule has 1 saturated heterocycles. The molecule has 31 heavy (non-hydrogen) atoms. The number of hydrogen-bond acceptors (Lipinski definition) is 4. The average molecular weight is 456 g/mol. The summed E-state index contributed by atoms with van der Waals surface area (Å²) in [7, 11) is -3.40. The third-order valence-corrected chi connectivity index (χ3v) is 6.99. The van der Waals surface area contributed by atoms with Crippen LogP contribution in [0.15, 0.2) is 24.3 Å². The van der Waals surface area contributed by atoms with E-state index in [4.69, 9.17) is 4.74 Å². The molecule has 7 nitrogen and oxygen atoms in total. The monoisotopic (exact) mass is 455 g/mol. The number of nitrogens with one attached hydrogen (secondary N) is 2. The first kappa shape index (κ1) is 23.9. The Morgan fingerprint density at radius 1 is 1.19 bits per heavy atom. The molecule has 1 aromatic rings. The average Bonchev–Trinajstić information content (AvgIpc) is 2.72. The number of rotatable bonds is 7. The molecule has 1 saturated carbocycles. The normalized spacial score (nSPS) is 27.1. The molecular formula is C22H34FN3O4S. The highest BCUT2D eigenvalue weighted by atomic mass is 32.2. The van der Waals surface area contributed by atoms with Gasteiger partial charge in [-0.1, -0.05) is 18.2 Å². The number of sulfonamides is 1. The molecule has 0 aromatic heterocycles. The summed E-state index contributed by atoms with van der Waals surface area (Å²) in [5.74, 6) is 0.0450. The molecule has 1 heterocycles. The van der Waals surface area contributed by atoms with Crippen molar-refractivity contribution < 1.29 is 22.3 Å². The first-order valence-corrected chi connectivity index (χ1v) is 13.1. The molecule has 0 bridgehead atoms. The quantitative estimate of drug-likeness (QED) is 0.662. The predicted octanol–water partition coefficient (Wildman–Crippen LogP) is 2.98. The molecule has 2 atom stereocenters. The molecule has 174 valence electrons. The van der Waals surface area contributed by atoms with Crippen molar-refractivity contribution in [3.05, 3.63) is 35.6 Å². The largest absolute Gasteiger partial charge is 0.376 e. The number of likely N-dealkylation sites (tertiary alicyclic amines) is 1. The van der Waals surface area contributed by atoms with Crippen molar-refractivity contribution >= 4 is 16.1 Å². The van der Waals surface area contributed by atoms with Crippen LogP contribution < -0.4 is 10.0 Å². The Labute approximate surface area is 184 Å². The van der Waals surface area contributed by atoms with E-state index in [0.717, 1.165) is 43.9 Å². The SMILES string of the molecule is CCNC(=O)N1CCC[C@H](NS(C)(=O)=O)[C@@H]1CO[C@H]1CC[C@@H](c2ccccc2F)CC1. The van der Waals surface area contributed by atoms with Gasteiger partial charge in [0.1, 0.15) is 5.82 Å². The Morgan fingerprint density at radius 2 is 1.90 bits per heavy atom. The van der Waals surface area contributed by atoms with E-state index >= 15 is 0 Å². The van der Waals surface area contributed by atoms with Crippen LogP contribution in [0, 0.1) is 5.82 Å². The maximum atomic E-state index is 14.1. The summed E-state index contributed by atoms with van der Waals surface area (Å²) in [4.78, 5) is 14.2. The Bertz CT molecular complexity index is 843. The van der Waals surface area contributed by atoms with Gasteiger partial charge in [-0.25, -0.2) is 22.3 Å². The molecule has 1 aliphatic heterocycles. The standard InChI is InChI=1S/C22H34FN3O4S/c1-3-24-22(27)26-14-6-9-20(25-31(2,28)29)21(26)15-30-17-12-10-16(11-13-17)18-7-4-5-8-19(18)23/h4-5,7-8,16-17,20-21,25H,3,6,9-15H2,1-2H3,(H,24,27)/t16-,17+,20-,21-/m0/s1. The minimum absolute atomic E-state index is 0.0277. The highest BCUT2D eigenvalue weighted by Crippen LogP contribution is 2.35. The lowest BCUT2D eigenvalue weighted by Gasteiger charge is -2.42. The van der Waals surface area contributed by atoms with Gasteiger partial charge in [0.05, 0.1) is 25.0 Å². The Kier molecular flexibility index (Phi) is 8.30. The topological polar surface area (TPSA) is 87.7 Å². The molecule has 2 amide bonds. The lowest BCUT2D eigenvalue weighted by Crippen LogP contribution is -2.60. The highest BCUT2D eigenvalue weighted by molar-refractivity contribution is 7.88. The minimum atomic E-state index is -3.40. The van der Waals surface area contributed by atoms with Crippen molar-refractivity contribution in [1.82, 2.24) is 14.9 Å². The zero-order valence-electron chi connectivity index (χ0n) is 18.3. The van der Waals surface area contributed by atoms with Gasteiger partial charge >= 0.3 is 6.03 Å². The number of halogens is 1. The lowest BCUT2D eigenvalue weighted by molar-refractivity contribution is -0.0174. The second-order valence-corrected chi connectivity index (χ2v) is 10.3. The number of carbonyl (C=O) groups is 1. The van der Waals surface area contributed by atoms with E-state index in [0.29, 0.717) is 19.5 Å². The van der Waals surface area contributed by atoms with Gasteiger partial charge in [0.15, 0.2) is 0 Å². The summed E-state index contributed by atoms with van der Waals surface area (Å²) < 4.78 is 46.7. The van der Waals surface area contributed by atoms with E-state index < -0.39 is 10.0 Å². The van der Waals surface area contributed by atoms with Crippen LogP contribution in [-0.4, -0.2) is 63.5 Å². The van der Waals surface area contributed by atoms with Crippen LogP contribution in [0.5, 0.6) is 0 Å². The van der Waals surface area contributed by atoms with E-state index in [1.807, 2.05) is 19.1 Å². The summed E-state index contributed by atoms with van der Waals surface area (Å²) in [6.45, 7) is 3.21. The zero-order valence-corrected chi connectivity index (χ0v) is 19.2. The molecule has 1 aliphatic carbocycles. The maximum absolute atomic E-state index is 14.1. The third-order valence-electron chi connectivity index (χ3n) is 6.26. The van der Waals surface area contributed by atoms with Crippen LogP contribution in [0.1, 0.15) is 56.9 Å². The molecular weight excluding hydrogens is 421 g/mol. The number of piperidine rings is 1. The molecule has 0 radical (unpaired) electrons. The smallest absolute Gasteiger partial charge is 0.317 e. The number of benzene rings is 1. The fourth-order valence-electron chi connectivity index (χ4n) is 4.76. The fourth-order valence-corrected chi connectivity index (χ4v) is 5.59. The molecule has 2 fully saturated rings. The summed E-state index contributed by atoms with van der Waals surface area (Å²) in [5.41, 5.74) is 0.771. The highest BCUT2D eigenvalue weighted by Gasteiger charge is 2.37. The first-order valence-electron chi connectivity index (χ1n) is 11.2. The van der Waals surface area contributed by atoms with E-state index in [1.54, 1.807) is 11.0 Å². The number of urea groups is 1. The van der Waals surface area contributed by atoms with Crippen molar-refractivity contribution in [2.24, 2.45) is 0 Å². The van der Waals surface area contributed by atoms with E-state index in [-0.39, 0.29) is 42.6 Å². The van der Waals surface area contributed by atoms with Gasteiger partial charge in [0.25, 0.3) is 0 Å². The van der Waals surface area contributed by atoms with Crippen LogP contribution in [0.25, 0.3) is 0 Å². The van der Waals surface area contributed by atoms with Crippen molar-refractivity contribution in [3.63, 3.8) is 0 Å². The number of amides is 2. The second kappa shape index (κ2) is 10.7. The second-order valence-electron chi connectivity index (χ2n) is 8.56. The van der Waals surface area contributed by atoms with Crippen molar-refractivity contribution in [3.8, 4) is 0 Å². The van der Waals surface area contributed by atoms with Gasteiger partial charge in [-0.15, -0.1) is 0 Å². The van der Waals surface area contributed by atoms with Gasteiger partial charge in [-0.2, -0.15) is 0 Å². The molecule has 0 unspecified atom stereocenters. The zero-order chi connectivity index (χ0) is 22.4. The van der Waals surface area contributed by atoms with Gasteiger partial charge in [-0.05, 0) is 63.0 Å². The number of nitrogens with zero attached hydrogens (tertiary/aromatic N) is 1. The van der Waals surface area contributed by atoms with E-state index in [2.05, 4.69) is 10.0 Å². The van der Waals surface area contributed by atoms with Crippen LogP contribution >= 0.6 is 0 Å². The lowest BCUT2D eigenvalue weighted by atomic mass is 9.82. The summed E-state index contributed by atoms with van der Waals surface area (Å²) in [6, 6.07) is 6.01. The van der Waals surface area contributed by atoms with Crippen LogP contribution in [-0.2, 0) is 14.8 Å². The Hall–Kier alpha value is -1.71. The summed E-state index contributed by atoms with van der Waals surface area (Å²) >= 11 is 0. The molecule has 9 heteroatoms. The Balaban J connectivity index is 1.61. The van der Waals surface area contributed by atoms with Crippen molar-refractivity contribution in [2.45, 2.75) is 69.6 Å². The number of hydrogen-bond donors (Lipinski definition) is 2. The van der Waals surface area contributed by atoms with Crippen LogP contribution in [0.4, 0.5) is 9.18 Å². The molecule has 3 rings (SSSR count). The number of ether oxygens (including phenoxy) is 1. The fraction of sp³-hybridized carbons (Fsp3) is 0.682. The minimum Gasteiger partial charge on any atom is -0.376 e. The van der Waals surface area contributed by atoms with Gasteiger partial charge < -0.3 is 15.0 Å². The summed E-state index contributed by atoms with van der Waals surface area (Å²) in [6.07, 6.45) is 5.89. The maximum Gasteiger partial charge on any atom is 0.317 e. The predicted molar refractivity (Wildman–Crippen MR) is 118 cm³/mol. The van der Waals surface area contributed by atoms with Gasteiger partial charge in [-0.3, -0.25) is 0 Å². The Morgan fingerprint density at radius 3 is 2.55 bits per heavy atom. The van der Waals surface area contributed by atoms with Crippen LogP contribution in [0.2, 0.25) is 0 Å². The summed E-state index contributed by atoms with van der Waals surface area (Å²) in [5, 5.41) is 2.81. The molecule has 1 aromatic carbocycles. The van der Waals surface area contributed by atoms with Gasteiger partial charge in [0.2, 0.25) is 10.0 Å². The third kappa shape index (κ3) is 6.63. The molecule has 2 N–H and O–H groups in total. The number of carbonyl (C=O) groups excluding carboxylic acids is 1. The molecule has 2 aliphatic rings. The molecule has 0 spiro atoms. The van der Waals surface area contributed by atoms with E-state index in [9.17, 15) is 17.6 Å². The first-order chi connectivity index (χ1) is 14.8. The van der Waals surface area contributed by atoms with Gasteiger partial charge in [0, 0.05) is 19.1 Å². The van der Waals surface area contributed by atoms with Crippen molar-refractivity contribution in [1.29, 1.82) is 0 Å².